The Bertz CT molecular complexity index is 407. The molecule has 1 aliphatic heterocycles. The van der Waals surface area contributed by atoms with Gasteiger partial charge in [-0.2, -0.15) is 5.26 Å². The SMILES string of the molecule is N#CC1=CCCN(CC23CC4CC(CC(C4)C2)C3)C1. The Morgan fingerprint density at radius 1 is 1.16 bits per heavy atom. The summed E-state index contributed by atoms with van der Waals surface area (Å²) in [7, 11) is 0. The molecule has 4 fully saturated rings. The average Bonchev–Trinajstić information content (AvgIpc) is 2.36. The van der Waals surface area contributed by atoms with Gasteiger partial charge in [0.1, 0.15) is 0 Å². The Morgan fingerprint density at radius 3 is 2.37 bits per heavy atom. The summed E-state index contributed by atoms with van der Waals surface area (Å²) in [5.74, 6) is 3.13. The van der Waals surface area contributed by atoms with Crippen LogP contribution in [0.1, 0.15) is 44.9 Å². The third-order valence-corrected chi connectivity index (χ3v) is 6.10. The lowest BCUT2D eigenvalue weighted by atomic mass is 9.49. The second-order valence-corrected chi connectivity index (χ2v) is 7.76. The second kappa shape index (κ2) is 4.35. The molecule has 1 heterocycles. The predicted octanol–water partition coefficient (Wildman–Crippen LogP) is 3.36. The molecule has 102 valence electrons. The van der Waals surface area contributed by atoms with Gasteiger partial charge in [0, 0.05) is 25.2 Å². The van der Waals surface area contributed by atoms with Crippen LogP contribution in [0, 0.1) is 34.5 Å². The number of rotatable bonds is 2. The van der Waals surface area contributed by atoms with E-state index in [4.69, 9.17) is 5.26 Å². The molecule has 0 saturated heterocycles. The Labute approximate surface area is 116 Å². The zero-order chi connectivity index (χ0) is 12.9. The predicted molar refractivity (Wildman–Crippen MR) is 75.4 cm³/mol. The average molecular weight is 256 g/mol. The third-order valence-electron chi connectivity index (χ3n) is 6.10. The van der Waals surface area contributed by atoms with E-state index >= 15 is 0 Å². The van der Waals surface area contributed by atoms with Crippen molar-refractivity contribution in [3.8, 4) is 6.07 Å². The van der Waals surface area contributed by atoms with E-state index < -0.39 is 0 Å². The maximum atomic E-state index is 9.09. The fourth-order valence-corrected chi connectivity index (χ4v) is 5.98. The summed E-state index contributed by atoms with van der Waals surface area (Å²) >= 11 is 0. The van der Waals surface area contributed by atoms with E-state index in [9.17, 15) is 0 Å². The van der Waals surface area contributed by atoms with Gasteiger partial charge in [-0.05, 0) is 68.1 Å². The highest BCUT2D eigenvalue weighted by molar-refractivity contribution is 5.24. The van der Waals surface area contributed by atoms with Crippen molar-refractivity contribution in [2.75, 3.05) is 19.6 Å². The fraction of sp³-hybridized carbons (Fsp3) is 0.824. The zero-order valence-corrected chi connectivity index (χ0v) is 11.8. The minimum Gasteiger partial charge on any atom is -0.298 e. The molecule has 0 amide bonds. The van der Waals surface area contributed by atoms with Gasteiger partial charge in [-0.1, -0.05) is 6.08 Å². The summed E-state index contributed by atoms with van der Waals surface area (Å²) in [6.07, 6.45) is 12.3. The van der Waals surface area contributed by atoms with Gasteiger partial charge in [-0.15, -0.1) is 0 Å². The van der Waals surface area contributed by atoms with Crippen LogP contribution in [0.3, 0.4) is 0 Å². The van der Waals surface area contributed by atoms with Crippen molar-refractivity contribution in [1.82, 2.24) is 4.90 Å². The van der Waals surface area contributed by atoms with Crippen LogP contribution >= 0.6 is 0 Å². The van der Waals surface area contributed by atoms with Crippen molar-refractivity contribution in [3.63, 3.8) is 0 Å². The molecular weight excluding hydrogens is 232 g/mol. The normalized spacial score (nSPS) is 45.0. The summed E-state index contributed by atoms with van der Waals surface area (Å²) in [4.78, 5) is 2.58. The maximum Gasteiger partial charge on any atom is 0.0957 e. The molecule has 2 nitrogen and oxygen atoms in total. The standard InChI is InChI=1S/C17H24N2/c18-10-13-2-1-3-19(11-13)12-17-7-14-4-15(8-17)6-16(5-14)9-17/h2,14-16H,1,3-9,11-12H2. The summed E-state index contributed by atoms with van der Waals surface area (Å²) in [6.45, 7) is 3.36. The smallest absolute Gasteiger partial charge is 0.0957 e. The van der Waals surface area contributed by atoms with Crippen molar-refractivity contribution in [2.45, 2.75) is 44.9 Å². The highest BCUT2D eigenvalue weighted by atomic mass is 15.1. The highest BCUT2D eigenvalue weighted by Crippen LogP contribution is 2.60. The maximum absolute atomic E-state index is 9.09. The molecule has 4 aliphatic carbocycles. The molecule has 0 N–H and O–H groups in total. The number of hydrogen-bond donors (Lipinski definition) is 0. The molecule has 4 bridgehead atoms. The first-order chi connectivity index (χ1) is 9.25. The van der Waals surface area contributed by atoms with Crippen LogP contribution in [-0.2, 0) is 0 Å². The van der Waals surface area contributed by atoms with Gasteiger partial charge in [0.15, 0.2) is 0 Å². The first-order valence-electron chi connectivity index (χ1n) is 8.06. The Kier molecular flexibility index (Phi) is 2.74. The monoisotopic (exact) mass is 256 g/mol. The first kappa shape index (κ1) is 12.0. The molecule has 0 aromatic carbocycles. The van der Waals surface area contributed by atoms with Crippen LogP contribution in [0.2, 0.25) is 0 Å². The largest absolute Gasteiger partial charge is 0.298 e. The molecule has 0 radical (unpaired) electrons. The van der Waals surface area contributed by atoms with E-state index in [0.717, 1.165) is 36.3 Å². The van der Waals surface area contributed by atoms with Gasteiger partial charge < -0.3 is 0 Å². The molecule has 0 aromatic rings. The topological polar surface area (TPSA) is 27.0 Å². The minimum absolute atomic E-state index is 0.632. The Hall–Kier alpha value is -0.810. The van der Waals surface area contributed by atoms with Crippen LogP contribution in [0.25, 0.3) is 0 Å². The summed E-state index contributed by atoms with van der Waals surface area (Å²) in [6, 6.07) is 2.36. The highest BCUT2D eigenvalue weighted by Gasteiger charge is 2.51. The fourth-order valence-electron chi connectivity index (χ4n) is 5.98. The lowest BCUT2D eigenvalue weighted by Gasteiger charge is -2.58. The van der Waals surface area contributed by atoms with Crippen molar-refractivity contribution in [1.29, 1.82) is 5.26 Å². The third kappa shape index (κ3) is 2.13. The summed E-state index contributed by atoms with van der Waals surface area (Å²) in [5.41, 5.74) is 1.63. The number of nitriles is 1. The van der Waals surface area contributed by atoms with E-state index in [-0.39, 0.29) is 0 Å². The van der Waals surface area contributed by atoms with Gasteiger partial charge in [0.2, 0.25) is 0 Å². The zero-order valence-electron chi connectivity index (χ0n) is 11.8. The van der Waals surface area contributed by atoms with E-state index in [1.807, 2.05) is 0 Å². The van der Waals surface area contributed by atoms with Crippen LogP contribution in [0.5, 0.6) is 0 Å². The summed E-state index contributed by atoms with van der Waals surface area (Å²) in [5, 5.41) is 9.09. The molecule has 0 spiro atoms. The minimum atomic E-state index is 0.632. The van der Waals surface area contributed by atoms with Crippen molar-refractivity contribution in [2.24, 2.45) is 23.2 Å². The molecule has 5 aliphatic rings. The van der Waals surface area contributed by atoms with E-state index in [0.29, 0.717) is 5.41 Å². The molecular formula is C17H24N2. The van der Waals surface area contributed by atoms with Gasteiger partial charge in [-0.25, -0.2) is 0 Å². The summed E-state index contributed by atoms with van der Waals surface area (Å²) < 4.78 is 0. The Morgan fingerprint density at radius 2 is 1.79 bits per heavy atom. The molecule has 0 unspecified atom stereocenters. The van der Waals surface area contributed by atoms with E-state index in [1.54, 1.807) is 0 Å². The van der Waals surface area contributed by atoms with Crippen LogP contribution in [-0.4, -0.2) is 24.5 Å². The second-order valence-electron chi connectivity index (χ2n) is 7.76. The van der Waals surface area contributed by atoms with Gasteiger partial charge >= 0.3 is 0 Å². The Balaban J connectivity index is 1.48. The van der Waals surface area contributed by atoms with Crippen molar-refractivity contribution < 1.29 is 0 Å². The number of nitrogens with zero attached hydrogens (tertiary/aromatic N) is 2. The van der Waals surface area contributed by atoms with Crippen LogP contribution in [0.15, 0.2) is 11.6 Å². The quantitative estimate of drug-likeness (QED) is 0.757. The van der Waals surface area contributed by atoms with Crippen LogP contribution in [0.4, 0.5) is 0 Å². The molecule has 0 aromatic heterocycles. The molecule has 5 rings (SSSR count). The molecule has 4 saturated carbocycles. The lowest BCUT2D eigenvalue weighted by Crippen LogP contribution is -2.51. The van der Waals surface area contributed by atoms with Gasteiger partial charge in [0.05, 0.1) is 6.07 Å². The molecule has 2 heteroatoms. The van der Waals surface area contributed by atoms with E-state index in [1.165, 1.54) is 51.6 Å². The number of hydrogen-bond acceptors (Lipinski definition) is 2. The molecule has 19 heavy (non-hydrogen) atoms. The molecule has 0 atom stereocenters. The lowest BCUT2D eigenvalue weighted by molar-refractivity contribution is -0.0682. The first-order valence-corrected chi connectivity index (χ1v) is 8.06. The van der Waals surface area contributed by atoms with Crippen LogP contribution < -0.4 is 0 Å². The van der Waals surface area contributed by atoms with E-state index in [2.05, 4.69) is 17.0 Å². The van der Waals surface area contributed by atoms with Gasteiger partial charge in [-0.3, -0.25) is 4.90 Å². The van der Waals surface area contributed by atoms with Crippen molar-refractivity contribution in [3.05, 3.63) is 11.6 Å². The van der Waals surface area contributed by atoms with Gasteiger partial charge in [0.25, 0.3) is 0 Å². The van der Waals surface area contributed by atoms with Crippen molar-refractivity contribution >= 4 is 0 Å².